The molecule has 104 valence electrons. The van der Waals surface area contributed by atoms with Gasteiger partial charge >= 0.3 is 0 Å². The highest BCUT2D eigenvalue weighted by Gasteiger charge is 2.48. The molecule has 0 unspecified atom stereocenters. The third-order valence-corrected chi connectivity index (χ3v) is 5.32. The first-order valence-electron chi connectivity index (χ1n) is 7.32. The van der Waals surface area contributed by atoms with Crippen LogP contribution in [0, 0.1) is 23.7 Å². The Hall–Kier alpha value is -0.960. The molecule has 0 radical (unpaired) electrons. The maximum Gasteiger partial charge on any atom is 0.155 e. The largest absolute Gasteiger partial charge is 0.390 e. The number of ketones is 2. The summed E-state index contributed by atoms with van der Waals surface area (Å²) in [6, 6.07) is 0. The fraction of sp³-hybridized carbons (Fsp3) is 0.750. The SMILES string of the molecule is CC(C)(O)[C@H]1C[C@H]2CC(=O)CC3=CC(=O)C[C@@H](C1)[C@@H]32. The second-order valence-corrected chi connectivity index (χ2v) is 7.18. The van der Waals surface area contributed by atoms with Crippen LogP contribution in [0.15, 0.2) is 11.6 Å². The highest BCUT2D eigenvalue weighted by Crippen LogP contribution is 2.52. The van der Waals surface area contributed by atoms with Gasteiger partial charge in [0.2, 0.25) is 0 Å². The van der Waals surface area contributed by atoms with E-state index in [-0.39, 0.29) is 17.5 Å². The fourth-order valence-corrected chi connectivity index (χ4v) is 4.49. The summed E-state index contributed by atoms with van der Waals surface area (Å²) in [5.41, 5.74) is 0.368. The van der Waals surface area contributed by atoms with Crippen molar-refractivity contribution in [1.29, 1.82) is 0 Å². The van der Waals surface area contributed by atoms with Crippen LogP contribution in [0.2, 0.25) is 0 Å². The molecule has 0 aromatic rings. The Balaban J connectivity index is 1.93. The number of carbonyl (C=O) groups is 2. The number of hydrogen-bond donors (Lipinski definition) is 1. The highest BCUT2D eigenvalue weighted by molar-refractivity contribution is 5.94. The molecule has 0 saturated heterocycles. The molecule has 0 amide bonds. The lowest BCUT2D eigenvalue weighted by molar-refractivity contribution is -0.125. The van der Waals surface area contributed by atoms with Crippen LogP contribution in [0.5, 0.6) is 0 Å². The zero-order valence-corrected chi connectivity index (χ0v) is 11.7. The quantitative estimate of drug-likeness (QED) is 0.788. The topological polar surface area (TPSA) is 54.4 Å². The minimum absolute atomic E-state index is 0.168. The van der Waals surface area contributed by atoms with Gasteiger partial charge in [-0.05, 0) is 56.4 Å². The molecule has 3 nitrogen and oxygen atoms in total. The molecule has 3 aliphatic rings. The lowest BCUT2D eigenvalue weighted by Gasteiger charge is -2.49. The van der Waals surface area contributed by atoms with Gasteiger partial charge in [0.15, 0.2) is 5.78 Å². The number of Topliss-reactive ketones (excluding diaryl/α,β-unsaturated/α-hetero) is 1. The molecule has 0 aliphatic heterocycles. The molecule has 0 heterocycles. The van der Waals surface area contributed by atoms with E-state index in [0.717, 1.165) is 18.4 Å². The van der Waals surface area contributed by atoms with Crippen LogP contribution in [0.1, 0.15) is 46.0 Å². The van der Waals surface area contributed by atoms with E-state index < -0.39 is 5.60 Å². The van der Waals surface area contributed by atoms with Crippen molar-refractivity contribution in [3.63, 3.8) is 0 Å². The first kappa shape index (κ1) is 13.0. The summed E-state index contributed by atoms with van der Waals surface area (Å²) in [4.78, 5) is 23.7. The van der Waals surface area contributed by atoms with E-state index in [1.165, 1.54) is 0 Å². The van der Waals surface area contributed by atoms with Gasteiger partial charge in [-0.15, -0.1) is 0 Å². The average Bonchev–Trinajstić information content (AvgIpc) is 2.25. The minimum atomic E-state index is -0.712. The summed E-state index contributed by atoms with van der Waals surface area (Å²) in [5, 5.41) is 10.3. The monoisotopic (exact) mass is 262 g/mol. The van der Waals surface area contributed by atoms with Crippen LogP contribution in [-0.2, 0) is 9.59 Å². The molecule has 2 saturated carbocycles. The number of carbonyl (C=O) groups excluding carboxylic acids is 2. The standard InChI is InChI=1S/C16H22O3/c1-16(2,19)12-3-9-5-13(17)7-11-8-14(18)6-10(4-12)15(9)11/h7,9-10,12,15,19H,3-6,8H2,1-2H3/t9-,10+,12-,15-/m1/s1. The van der Waals surface area contributed by atoms with Crippen molar-refractivity contribution in [3.05, 3.63) is 11.6 Å². The predicted octanol–water partition coefficient (Wildman–Crippen LogP) is 2.28. The van der Waals surface area contributed by atoms with Crippen molar-refractivity contribution >= 4 is 11.6 Å². The summed E-state index contributed by atoms with van der Waals surface area (Å²) in [6.07, 6.45) is 5.29. The van der Waals surface area contributed by atoms with Gasteiger partial charge in [-0.3, -0.25) is 9.59 Å². The fourth-order valence-electron chi connectivity index (χ4n) is 4.49. The molecule has 3 rings (SSSR count). The van der Waals surface area contributed by atoms with Gasteiger partial charge in [-0.1, -0.05) is 5.57 Å². The summed E-state index contributed by atoms with van der Waals surface area (Å²) in [5.74, 6) is 1.75. The van der Waals surface area contributed by atoms with Gasteiger partial charge in [0.05, 0.1) is 5.60 Å². The minimum Gasteiger partial charge on any atom is -0.390 e. The molecule has 3 heteroatoms. The van der Waals surface area contributed by atoms with Crippen molar-refractivity contribution in [1.82, 2.24) is 0 Å². The van der Waals surface area contributed by atoms with Gasteiger partial charge < -0.3 is 5.11 Å². The van der Waals surface area contributed by atoms with E-state index in [0.29, 0.717) is 37.0 Å². The Kier molecular flexibility index (Phi) is 2.93. The average molecular weight is 262 g/mol. The van der Waals surface area contributed by atoms with Crippen molar-refractivity contribution in [2.24, 2.45) is 23.7 Å². The number of hydrogen-bond acceptors (Lipinski definition) is 3. The third-order valence-electron chi connectivity index (χ3n) is 5.32. The van der Waals surface area contributed by atoms with Gasteiger partial charge in [-0.25, -0.2) is 0 Å². The first-order valence-corrected chi connectivity index (χ1v) is 7.32. The van der Waals surface area contributed by atoms with Crippen LogP contribution in [0.3, 0.4) is 0 Å². The molecule has 0 aromatic carbocycles. The smallest absolute Gasteiger partial charge is 0.155 e. The predicted molar refractivity (Wildman–Crippen MR) is 71.4 cm³/mol. The second kappa shape index (κ2) is 4.27. The first-order chi connectivity index (χ1) is 8.84. The van der Waals surface area contributed by atoms with Gasteiger partial charge in [0.1, 0.15) is 5.78 Å². The normalized spacial score (nSPS) is 38.8. The van der Waals surface area contributed by atoms with Gasteiger partial charge in [-0.2, -0.15) is 0 Å². The van der Waals surface area contributed by atoms with E-state index >= 15 is 0 Å². The van der Waals surface area contributed by atoms with E-state index in [4.69, 9.17) is 0 Å². The van der Waals surface area contributed by atoms with Crippen LogP contribution >= 0.6 is 0 Å². The molecule has 3 aliphatic carbocycles. The Morgan fingerprint density at radius 3 is 2.42 bits per heavy atom. The van der Waals surface area contributed by atoms with Crippen LogP contribution in [0.4, 0.5) is 0 Å². The Labute approximate surface area is 114 Å². The third kappa shape index (κ3) is 2.29. The zero-order valence-electron chi connectivity index (χ0n) is 11.7. The van der Waals surface area contributed by atoms with E-state index in [1.54, 1.807) is 6.08 Å². The van der Waals surface area contributed by atoms with Crippen LogP contribution in [0.25, 0.3) is 0 Å². The summed E-state index contributed by atoms with van der Waals surface area (Å²) in [6.45, 7) is 3.70. The molecule has 19 heavy (non-hydrogen) atoms. The summed E-state index contributed by atoms with van der Waals surface area (Å²) in [7, 11) is 0. The molecule has 0 spiro atoms. The molecule has 2 fully saturated rings. The molecule has 0 bridgehead atoms. The second-order valence-electron chi connectivity index (χ2n) is 7.18. The van der Waals surface area contributed by atoms with Crippen LogP contribution < -0.4 is 0 Å². The molecular formula is C16H22O3. The van der Waals surface area contributed by atoms with E-state index in [1.807, 2.05) is 13.8 Å². The number of aliphatic hydroxyl groups is 1. The molecule has 4 atom stereocenters. The molecular weight excluding hydrogens is 240 g/mol. The Morgan fingerprint density at radius 2 is 1.79 bits per heavy atom. The lowest BCUT2D eigenvalue weighted by Crippen LogP contribution is -2.46. The van der Waals surface area contributed by atoms with Crippen molar-refractivity contribution in [3.8, 4) is 0 Å². The summed E-state index contributed by atoms with van der Waals surface area (Å²) >= 11 is 0. The van der Waals surface area contributed by atoms with Gasteiger partial charge in [0, 0.05) is 19.3 Å². The number of rotatable bonds is 1. The molecule has 1 N–H and O–H groups in total. The van der Waals surface area contributed by atoms with E-state index in [9.17, 15) is 14.7 Å². The van der Waals surface area contributed by atoms with Crippen LogP contribution in [-0.4, -0.2) is 22.3 Å². The Morgan fingerprint density at radius 1 is 1.16 bits per heavy atom. The highest BCUT2D eigenvalue weighted by atomic mass is 16.3. The van der Waals surface area contributed by atoms with Crippen molar-refractivity contribution in [2.45, 2.75) is 51.6 Å². The van der Waals surface area contributed by atoms with E-state index in [2.05, 4.69) is 0 Å². The number of allylic oxidation sites excluding steroid dienone is 2. The Bertz CT molecular complexity index is 455. The summed E-state index contributed by atoms with van der Waals surface area (Å²) < 4.78 is 0. The maximum absolute atomic E-state index is 11.9. The van der Waals surface area contributed by atoms with Gasteiger partial charge in [0.25, 0.3) is 0 Å². The van der Waals surface area contributed by atoms with Crippen molar-refractivity contribution < 1.29 is 14.7 Å². The molecule has 0 aromatic heterocycles. The lowest BCUT2D eigenvalue weighted by atomic mass is 9.55. The van der Waals surface area contributed by atoms with Crippen molar-refractivity contribution in [2.75, 3.05) is 0 Å². The zero-order chi connectivity index (χ0) is 13.8. The maximum atomic E-state index is 11.9.